The third-order valence-corrected chi connectivity index (χ3v) is 10.00. The third kappa shape index (κ3) is 2.78. The molecule has 1 unspecified atom stereocenters. The van der Waals surface area contributed by atoms with Gasteiger partial charge in [-0.1, -0.05) is 19.1 Å². The van der Waals surface area contributed by atoms with Gasteiger partial charge in [-0.3, -0.25) is 9.10 Å². The van der Waals surface area contributed by atoms with Crippen molar-refractivity contribution in [2.75, 3.05) is 24.9 Å². The Morgan fingerprint density at radius 2 is 1.97 bits per heavy atom. The van der Waals surface area contributed by atoms with Crippen molar-refractivity contribution in [2.24, 2.45) is 11.8 Å². The number of carboxylic acid groups (broad SMARTS) is 1. The topological polar surface area (TPSA) is 115 Å². The predicted molar refractivity (Wildman–Crippen MR) is 128 cm³/mol. The molecule has 0 aromatic heterocycles. The number of quaternary nitrogens is 1. The number of β-lactam (4-membered cyclic amide) rings is 1. The molecular weight excluding hydrogens is 470 g/mol. The molecule has 1 saturated heterocycles. The molecule has 0 spiro atoms. The van der Waals surface area contributed by atoms with Crippen molar-refractivity contribution < 1.29 is 32.7 Å². The van der Waals surface area contributed by atoms with Gasteiger partial charge in [0.2, 0.25) is 5.91 Å². The Balaban J connectivity index is 1.49. The van der Waals surface area contributed by atoms with Crippen molar-refractivity contribution in [2.45, 2.75) is 44.0 Å². The summed E-state index contributed by atoms with van der Waals surface area (Å²) < 4.78 is 30.1. The molecule has 2 N–H and O–H groups in total. The number of amides is 1. The molecule has 0 saturated carbocycles. The molecule has 6 rings (SSSR count). The number of anilines is 1. The van der Waals surface area contributed by atoms with Gasteiger partial charge in [-0.15, -0.1) is 0 Å². The number of rotatable bonds is 4. The van der Waals surface area contributed by atoms with Gasteiger partial charge in [-0.25, -0.2) is 13.2 Å². The Hall–Kier alpha value is -2.95. The average Bonchev–Trinajstić information content (AvgIpc) is 3.27. The van der Waals surface area contributed by atoms with E-state index in [0.717, 1.165) is 23.1 Å². The molecule has 0 radical (unpaired) electrons. The quantitative estimate of drug-likeness (QED) is 0.489. The summed E-state index contributed by atoms with van der Waals surface area (Å²) in [5.74, 6) is -2.80. The summed E-state index contributed by atoms with van der Waals surface area (Å²) in [4.78, 5) is 26.5. The van der Waals surface area contributed by atoms with Crippen LogP contribution in [-0.2, 0) is 32.7 Å². The number of aliphatic carboxylic acids is 1. The fourth-order valence-electron chi connectivity index (χ4n) is 6.67. The lowest BCUT2D eigenvalue weighted by Gasteiger charge is -2.46. The van der Waals surface area contributed by atoms with Crippen LogP contribution in [0.3, 0.4) is 0 Å². The number of carboxylic acids is 1. The van der Waals surface area contributed by atoms with Gasteiger partial charge in [0.1, 0.15) is 23.7 Å². The average molecular weight is 499 g/mol. The van der Waals surface area contributed by atoms with Gasteiger partial charge in [-0.05, 0) is 30.0 Å². The summed E-state index contributed by atoms with van der Waals surface area (Å²) in [6, 6.07) is 7.08. The molecule has 0 bridgehead atoms. The zero-order valence-electron chi connectivity index (χ0n) is 20.0. The highest BCUT2D eigenvalue weighted by atomic mass is 32.2. The number of sulfonamides is 1. The normalized spacial score (nSPS) is 28.4. The molecule has 1 amide bonds. The van der Waals surface area contributed by atoms with Crippen LogP contribution in [-0.4, -0.2) is 72.7 Å². The SMILES string of the molecule is CC(O)[C@H]1C(=O)N2C(C(=O)O)=C(CN3c4cccc5cc6c(c(c45)S3(=O)=O)C[N+](C)(C)C6)[C@H](C)[C@H]12. The standard InChI is InChI=1S/C25H27N3O6S/c1-12-16(22(25(31)32)27-21(12)19(13(2)29)24(27)30)9-26-18-7-5-6-14-8-15-10-28(3,4)11-17(15)23(20(14)18)35(26,33)34/h5-8,12-13,19,21,29H,9-11H2,1-4H3/p+1/t12-,13?,19+,21+/m0/s1. The number of aliphatic hydroxyl groups is 1. The minimum absolute atomic E-state index is 0.154. The molecular formula is C25H28N3O6S+. The van der Waals surface area contributed by atoms with Crippen molar-refractivity contribution >= 4 is 38.4 Å². The molecule has 35 heavy (non-hydrogen) atoms. The van der Waals surface area contributed by atoms with Crippen LogP contribution < -0.4 is 4.31 Å². The van der Waals surface area contributed by atoms with E-state index in [1.807, 2.05) is 12.1 Å². The minimum atomic E-state index is -3.95. The van der Waals surface area contributed by atoms with E-state index in [-0.39, 0.29) is 12.2 Å². The molecule has 4 atom stereocenters. The van der Waals surface area contributed by atoms with E-state index in [0.29, 0.717) is 32.6 Å². The molecule has 1 fully saturated rings. The summed E-state index contributed by atoms with van der Waals surface area (Å²) in [5, 5.41) is 21.6. The van der Waals surface area contributed by atoms with Crippen molar-refractivity contribution in [1.29, 1.82) is 0 Å². The first-order chi connectivity index (χ1) is 16.3. The number of hydrogen-bond donors (Lipinski definition) is 2. The third-order valence-electron chi connectivity index (χ3n) is 8.13. The van der Waals surface area contributed by atoms with Crippen LogP contribution in [0.1, 0.15) is 25.0 Å². The zero-order chi connectivity index (χ0) is 25.2. The van der Waals surface area contributed by atoms with E-state index in [1.54, 1.807) is 13.0 Å². The largest absolute Gasteiger partial charge is 0.477 e. The van der Waals surface area contributed by atoms with E-state index in [1.165, 1.54) is 16.1 Å². The fraction of sp³-hybridized carbons (Fsp3) is 0.440. The highest BCUT2D eigenvalue weighted by Crippen LogP contribution is 2.51. The van der Waals surface area contributed by atoms with E-state index in [4.69, 9.17) is 0 Å². The Labute approximate surface area is 203 Å². The lowest BCUT2D eigenvalue weighted by molar-refractivity contribution is -0.910. The second kappa shape index (κ2) is 6.83. The van der Waals surface area contributed by atoms with Crippen molar-refractivity contribution in [1.82, 2.24) is 4.90 Å². The van der Waals surface area contributed by atoms with Gasteiger partial charge in [0.05, 0.1) is 44.4 Å². The van der Waals surface area contributed by atoms with Gasteiger partial charge in [0.25, 0.3) is 10.0 Å². The van der Waals surface area contributed by atoms with Gasteiger partial charge in [-0.2, -0.15) is 0 Å². The van der Waals surface area contributed by atoms with Crippen LogP contribution >= 0.6 is 0 Å². The van der Waals surface area contributed by atoms with Crippen molar-refractivity contribution in [3.05, 3.63) is 46.7 Å². The number of carbonyl (C=O) groups excluding carboxylic acids is 1. The van der Waals surface area contributed by atoms with Crippen molar-refractivity contribution in [3.63, 3.8) is 0 Å². The van der Waals surface area contributed by atoms with Crippen molar-refractivity contribution in [3.8, 4) is 0 Å². The monoisotopic (exact) mass is 498 g/mol. The second-order valence-corrected chi connectivity index (χ2v) is 12.7. The van der Waals surface area contributed by atoms with E-state index in [9.17, 15) is 28.2 Å². The number of benzene rings is 2. The molecule has 9 nitrogen and oxygen atoms in total. The van der Waals surface area contributed by atoms with E-state index in [2.05, 4.69) is 20.2 Å². The van der Waals surface area contributed by atoms with Gasteiger partial charge in [0, 0.05) is 22.4 Å². The summed E-state index contributed by atoms with van der Waals surface area (Å²) >= 11 is 0. The molecule has 4 aliphatic rings. The maximum absolute atomic E-state index is 14.1. The molecule has 2 aromatic rings. The molecule has 10 heteroatoms. The maximum atomic E-state index is 14.1. The maximum Gasteiger partial charge on any atom is 0.352 e. The number of hydrogen-bond acceptors (Lipinski definition) is 5. The van der Waals surface area contributed by atoms with Crippen LogP contribution in [0.5, 0.6) is 0 Å². The molecule has 4 heterocycles. The second-order valence-electron chi connectivity index (χ2n) is 10.9. The Morgan fingerprint density at radius 1 is 1.26 bits per heavy atom. The zero-order valence-corrected chi connectivity index (χ0v) is 20.8. The molecule has 184 valence electrons. The lowest BCUT2D eigenvalue weighted by atomic mass is 9.78. The van der Waals surface area contributed by atoms with E-state index >= 15 is 0 Å². The summed E-state index contributed by atoms with van der Waals surface area (Å²) in [7, 11) is 0.194. The first kappa shape index (κ1) is 22.5. The van der Waals surface area contributed by atoms with Gasteiger partial charge < -0.3 is 19.6 Å². The number of nitrogens with zero attached hydrogens (tertiary/aromatic N) is 3. The van der Waals surface area contributed by atoms with Crippen LogP contribution in [0.2, 0.25) is 0 Å². The molecule has 4 aliphatic heterocycles. The Kier molecular flexibility index (Phi) is 4.40. The number of fused-ring (bicyclic) bond motifs is 3. The van der Waals surface area contributed by atoms with Gasteiger partial charge in [0.15, 0.2) is 0 Å². The number of aliphatic hydroxyl groups excluding tert-OH is 1. The first-order valence-electron chi connectivity index (χ1n) is 11.7. The summed E-state index contributed by atoms with van der Waals surface area (Å²) in [6.45, 7) is 4.51. The van der Waals surface area contributed by atoms with Crippen LogP contribution in [0.4, 0.5) is 5.69 Å². The molecule has 2 aromatic carbocycles. The highest BCUT2D eigenvalue weighted by Gasteiger charge is 2.60. The summed E-state index contributed by atoms with van der Waals surface area (Å²) in [6.07, 6.45) is -0.918. The summed E-state index contributed by atoms with van der Waals surface area (Å²) in [5.41, 5.74) is 2.62. The highest BCUT2D eigenvalue weighted by molar-refractivity contribution is 7.93. The van der Waals surface area contributed by atoms with Crippen LogP contribution in [0, 0.1) is 11.8 Å². The van der Waals surface area contributed by atoms with E-state index < -0.39 is 45.9 Å². The predicted octanol–water partition coefficient (Wildman–Crippen LogP) is 1.63. The Morgan fingerprint density at radius 3 is 2.63 bits per heavy atom. The number of carbonyl (C=O) groups is 2. The first-order valence-corrected chi connectivity index (χ1v) is 13.2. The van der Waals surface area contributed by atoms with Crippen LogP contribution in [0.15, 0.2) is 40.4 Å². The smallest absolute Gasteiger partial charge is 0.352 e. The minimum Gasteiger partial charge on any atom is -0.477 e. The fourth-order valence-corrected chi connectivity index (χ4v) is 8.59. The lowest BCUT2D eigenvalue weighted by Crippen LogP contribution is -2.63. The molecule has 0 aliphatic carbocycles. The Bertz CT molecular complexity index is 1490. The van der Waals surface area contributed by atoms with Gasteiger partial charge >= 0.3 is 5.97 Å². The van der Waals surface area contributed by atoms with Crippen LogP contribution in [0.25, 0.3) is 10.8 Å².